The summed E-state index contributed by atoms with van der Waals surface area (Å²) in [7, 11) is -2.09. The van der Waals surface area contributed by atoms with Crippen molar-refractivity contribution in [1.82, 2.24) is 4.31 Å². The van der Waals surface area contributed by atoms with Gasteiger partial charge in [-0.3, -0.25) is 4.79 Å². The molecule has 0 spiro atoms. The highest BCUT2D eigenvalue weighted by atomic mass is 32.2. The van der Waals surface area contributed by atoms with Crippen LogP contribution in [0.3, 0.4) is 0 Å². The minimum Gasteiger partial charge on any atom is -0.486 e. The predicted molar refractivity (Wildman–Crippen MR) is 126 cm³/mol. The summed E-state index contributed by atoms with van der Waals surface area (Å²) in [6, 6.07) is 21.3. The van der Waals surface area contributed by atoms with Gasteiger partial charge < -0.3 is 14.8 Å². The first-order chi connectivity index (χ1) is 15.9. The Morgan fingerprint density at radius 1 is 0.909 bits per heavy atom. The molecule has 1 amide bonds. The summed E-state index contributed by atoms with van der Waals surface area (Å²) in [6.07, 6.45) is 0.846. The molecule has 172 valence electrons. The third kappa shape index (κ3) is 5.71. The smallest absolute Gasteiger partial charge is 0.243 e. The van der Waals surface area contributed by atoms with Gasteiger partial charge >= 0.3 is 0 Å². The highest BCUT2D eigenvalue weighted by molar-refractivity contribution is 7.89. The number of aryl methyl sites for hydroxylation is 1. The van der Waals surface area contributed by atoms with Crippen LogP contribution >= 0.6 is 0 Å². The molecule has 3 aromatic rings. The van der Waals surface area contributed by atoms with E-state index in [2.05, 4.69) is 5.32 Å². The minimum absolute atomic E-state index is 0.151. The lowest BCUT2D eigenvalue weighted by molar-refractivity contribution is -0.116. The molecule has 0 saturated heterocycles. The molecule has 7 nitrogen and oxygen atoms in total. The Balaban J connectivity index is 1.32. The van der Waals surface area contributed by atoms with Crippen molar-refractivity contribution in [2.45, 2.75) is 24.3 Å². The van der Waals surface area contributed by atoms with Gasteiger partial charge in [-0.15, -0.1) is 0 Å². The summed E-state index contributed by atoms with van der Waals surface area (Å²) in [6.45, 7) is 1.34. The molecule has 0 fully saturated rings. The highest BCUT2D eigenvalue weighted by Gasteiger charge is 2.21. The van der Waals surface area contributed by atoms with Crippen LogP contribution in [0.1, 0.15) is 17.5 Å². The number of ether oxygens (including phenoxy) is 2. The topological polar surface area (TPSA) is 84.9 Å². The van der Waals surface area contributed by atoms with Crippen LogP contribution in [-0.4, -0.2) is 38.9 Å². The molecule has 0 aromatic heterocycles. The van der Waals surface area contributed by atoms with E-state index in [0.29, 0.717) is 37.5 Å². The molecule has 3 aromatic carbocycles. The molecule has 0 saturated carbocycles. The van der Waals surface area contributed by atoms with Gasteiger partial charge in [0, 0.05) is 25.7 Å². The quantitative estimate of drug-likeness (QED) is 0.545. The molecule has 8 heteroatoms. The van der Waals surface area contributed by atoms with Crippen LogP contribution in [0.2, 0.25) is 0 Å². The zero-order valence-corrected chi connectivity index (χ0v) is 19.2. The first-order valence-corrected chi connectivity index (χ1v) is 12.1. The van der Waals surface area contributed by atoms with Crippen molar-refractivity contribution in [3.05, 3.63) is 83.9 Å². The van der Waals surface area contributed by atoms with E-state index in [1.165, 1.54) is 16.4 Å². The molecule has 1 aliphatic rings. The van der Waals surface area contributed by atoms with Gasteiger partial charge in [0.25, 0.3) is 0 Å². The molecular weight excluding hydrogens is 440 g/mol. The highest BCUT2D eigenvalue weighted by Crippen LogP contribution is 2.31. The number of benzene rings is 3. The Bertz CT molecular complexity index is 1210. The number of hydrogen-bond acceptors (Lipinski definition) is 5. The minimum atomic E-state index is -3.64. The number of carbonyl (C=O) groups is 1. The zero-order valence-electron chi connectivity index (χ0n) is 18.4. The lowest BCUT2D eigenvalue weighted by Crippen LogP contribution is -2.26. The van der Waals surface area contributed by atoms with Gasteiger partial charge in [0.05, 0.1) is 4.90 Å². The van der Waals surface area contributed by atoms with Crippen LogP contribution in [0.4, 0.5) is 5.69 Å². The van der Waals surface area contributed by atoms with Crippen LogP contribution < -0.4 is 14.8 Å². The molecule has 1 N–H and O–H groups in total. The fourth-order valence-corrected chi connectivity index (χ4v) is 4.70. The normalized spacial score (nSPS) is 13.0. The first-order valence-electron chi connectivity index (χ1n) is 10.7. The second kappa shape index (κ2) is 10.1. The summed E-state index contributed by atoms with van der Waals surface area (Å²) in [5.41, 5.74) is 2.44. The first kappa shape index (κ1) is 22.8. The number of carbonyl (C=O) groups excluding carboxylic acids is 1. The number of fused-ring (bicyclic) bond motifs is 1. The van der Waals surface area contributed by atoms with E-state index in [9.17, 15) is 13.2 Å². The van der Waals surface area contributed by atoms with Gasteiger partial charge in [0.1, 0.15) is 13.2 Å². The summed E-state index contributed by atoms with van der Waals surface area (Å²) < 4.78 is 38.1. The van der Waals surface area contributed by atoms with Crippen molar-refractivity contribution in [1.29, 1.82) is 0 Å². The SMILES string of the molecule is CN(Cc1ccccc1)S(=O)(=O)c1ccc(NC(=O)CCc2ccc3c(c2)OCCO3)cc1. The van der Waals surface area contributed by atoms with E-state index in [1.54, 1.807) is 19.2 Å². The standard InChI is InChI=1S/C25H26N2O5S/c1-27(18-20-5-3-2-4-6-20)33(29,30)22-11-9-21(10-12-22)26-25(28)14-8-19-7-13-23-24(17-19)32-16-15-31-23/h2-7,9-13,17H,8,14-16,18H2,1H3,(H,26,28). The van der Waals surface area contributed by atoms with Crippen molar-refractivity contribution in [3.63, 3.8) is 0 Å². The van der Waals surface area contributed by atoms with E-state index >= 15 is 0 Å². The van der Waals surface area contributed by atoms with E-state index in [-0.39, 0.29) is 17.3 Å². The molecule has 0 unspecified atom stereocenters. The van der Waals surface area contributed by atoms with Gasteiger partial charge in [0.15, 0.2) is 11.5 Å². The molecule has 0 radical (unpaired) electrons. The lowest BCUT2D eigenvalue weighted by atomic mass is 10.1. The second-order valence-electron chi connectivity index (χ2n) is 7.80. The maximum atomic E-state index is 12.9. The Labute approximate surface area is 194 Å². The van der Waals surface area contributed by atoms with Crippen LogP contribution in [0.5, 0.6) is 11.5 Å². The fourth-order valence-electron chi connectivity index (χ4n) is 3.54. The van der Waals surface area contributed by atoms with Gasteiger partial charge in [-0.25, -0.2) is 8.42 Å². The predicted octanol–water partition coefficient (Wildman–Crippen LogP) is 3.85. The molecule has 0 atom stereocenters. The van der Waals surface area contributed by atoms with Crippen molar-refractivity contribution >= 4 is 21.6 Å². The lowest BCUT2D eigenvalue weighted by Gasteiger charge is -2.18. The van der Waals surface area contributed by atoms with E-state index in [1.807, 2.05) is 48.5 Å². The number of nitrogens with zero attached hydrogens (tertiary/aromatic N) is 1. The Kier molecular flexibility index (Phi) is 6.96. The van der Waals surface area contributed by atoms with Gasteiger partial charge in [-0.05, 0) is 53.9 Å². The Morgan fingerprint density at radius 2 is 1.61 bits per heavy atom. The number of rotatable bonds is 8. The second-order valence-corrected chi connectivity index (χ2v) is 9.84. The molecule has 0 bridgehead atoms. The Hall–Kier alpha value is -3.36. The summed E-state index contributed by atoms with van der Waals surface area (Å²) in [5, 5.41) is 2.82. The van der Waals surface area contributed by atoms with Crippen LogP contribution in [-0.2, 0) is 27.8 Å². The number of anilines is 1. The fraction of sp³-hybridized carbons (Fsp3) is 0.240. The van der Waals surface area contributed by atoms with E-state index < -0.39 is 10.0 Å². The van der Waals surface area contributed by atoms with Gasteiger partial charge in [0.2, 0.25) is 15.9 Å². The molecule has 0 aliphatic carbocycles. The van der Waals surface area contributed by atoms with Crippen molar-refractivity contribution < 1.29 is 22.7 Å². The number of sulfonamides is 1. The molecule has 1 heterocycles. The number of nitrogens with one attached hydrogen (secondary N) is 1. The van der Waals surface area contributed by atoms with Gasteiger partial charge in [-0.2, -0.15) is 4.31 Å². The van der Waals surface area contributed by atoms with E-state index in [0.717, 1.165) is 16.9 Å². The summed E-state index contributed by atoms with van der Waals surface area (Å²) >= 11 is 0. The van der Waals surface area contributed by atoms with Crippen molar-refractivity contribution in [3.8, 4) is 11.5 Å². The third-order valence-corrected chi connectivity index (χ3v) is 7.16. The van der Waals surface area contributed by atoms with Crippen LogP contribution in [0, 0.1) is 0 Å². The van der Waals surface area contributed by atoms with Crippen LogP contribution in [0.15, 0.2) is 77.7 Å². The average Bonchev–Trinajstić information content (AvgIpc) is 2.83. The summed E-state index contributed by atoms with van der Waals surface area (Å²) in [5.74, 6) is 1.27. The van der Waals surface area contributed by atoms with Crippen molar-refractivity contribution in [2.75, 3.05) is 25.6 Å². The molecule has 1 aliphatic heterocycles. The maximum absolute atomic E-state index is 12.9. The Morgan fingerprint density at radius 3 is 2.33 bits per heavy atom. The van der Waals surface area contributed by atoms with Crippen molar-refractivity contribution in [2.24, 2.45) is 0 Å². The largest absolute Gasteiger partial charge is 0.486 e. The summed E-state index contributed by atoms with van der Waals surface area (Å²) in [4.78, 5) is 12.6. The monoisotopic (exact) mass is 466 g/mol. The average molecular weight is 467 g/mol. The molecule has 33 heavy (non-hydrogen) atoms. The maximum Gasteiger partial charge on any atom is 0.243 e. The van der Waals surface area contributed by atoms with Crippen LogP contribution in [0.25, 0.3) is 0 Å². The van der Waals surface area contributed by atoms with Gasteiger partial charge in [-0.1, -0.05) is 36.4 Å². The molecule has 4 rings (SSSR count). The zero-order chi connectivity index (χ0) is 23.3. The number of amides is 1. The number of hydrogen-bond donors (Lipinski definition) is 1. The van der Waals surface area contributed by atoms with E-state index in [4.69, 9.17) is 9.47 Å². The molecular formula is C25H26N2O5S. The third-order valence-electron chi connectivity index (χ3n) is 5.34.